The number of amides is 1. The highest BCUT2D eigenvalue weighted by Crippen LogP contribution is 2.36. The number of hydrogen-bond acceptors (Lipinski definition) is 9. The van der Waals surface area contributed by atoms with Crippen LogP contribution in [0.25, 0.3) is 11.0 Å². The van der Waals surface area contributed by atoms with Gasteiger partial charge in [-0.25, -0.2) is 9.97 Å². The van der Waals surface area contributed by atoms with Crippen molar-refractivity contribution in [2.45, 2.75) is 50.3 Å². The number of hydrogen-bond donors (Lipinski definition) is 6. The highest BCUT2D eigenvalue weighted by molar-refractivity contribution is 5.92. The summed E-state index contributed by atoms with van der Waals surface area (Å²) >= 11 is 0. The van der Waals surface area contributed by atoms with Gasteiger partial charge in [0.2, 0.25) is 5.91 Å². The molecule has 1 aliphatic heterocycles. The van der Waals surface area contributed by atoms with Crippen LogP contribution in [-0.2, 0) is 9.53 Å². The second-order valence-corrected chi connectivity index (χ2v) is 6.55. The summed E-state index contributed by atoms with van der Waals surface area (Å²) in [5.41, 5.74) is 11.8. The molecule has 148 valence electrons. The summed E-state index contributed by atoms with van der Waals surface area (Å²) in [7, 11) is 0. The summed E-state index contributed by atoms with van der Waals surface area (Å²) < 4.78 is 7.12. The zero-order valence-corrected chi connectivity index (χ0v) is 14.8. The van der Waals surface area contributed by atoms with Crippen LogP contribution < -0.4 is 16.8 Å². The Morgan fingerprint density at radius 1 is 1.48 bits per heavy atom. The second-order valence-electron chi connectivity index (χ2n) is 6.55. The van der Waals surface area contributed by atoms with E-state index < -0.39 is 43.0 Å². The minimum Gasteiger partial charge on any atom is -0.505 e. The first-order valence-electron chi connectivity index (χ1n) is 8.69. The smallest absolute Gasteiger partial charge is 0.237 e. The molecule has 1 saturated heterocycles. The highest BCUT2D eigenvalue weighted by atomic mass is 16.5. The van der Waals surface area contributed by atoms with Crippen LogP contribution in [0.1, 0.15) is 26.0 Å². The summed E-state index contributed by atoms with van der Waals surface area (Å²) in [6.45, 7) is 1.48. The number of aromatic nitrogens is 3. The van der Waals surface area contributed by atoms with Crippen LogP contribution in [0.3, 0.4) is 0 Å². The van der Waals surface area contributed by atoms with Crippen LogP contribution >= 0.6 is 0 Å². The third-order valence-corrected chi connectivity index (χ3v) is 4.69. The van der Waals surface area contributed by atoms with Gasteiger partial charge in [-0.2, -0.15) is 0 Å². The zero-order chi connectivity index (χ0) is 19.7. The van der Waals surface area contributed by atoms with E-state index in [0.29, 0.717) is 6.42 Å². The number of nitrogens with one attached hydrogen (secondary N) is 1. The number of aliphatic hydroxyl groups excluding tert-OH is 2. The van der Waals surface area contributed by atoms with Gasteiger partial charge in [-0.05, 0) is 6.42 Å². The average molecular weight is 380 g/mol. The third kappa shape index (κ3) is 3.41. The lowest BCUT2D eigenvalue weighted by molar-refractivity contribution is -0.124. The summed E-state index contributed by atoms with van der Waals surface area (Å²) in [4.78, 5) is 20.1. The van der Waals surface area contributed by atoms with Gasteiger partial charge < -0.3 is 36.8 Å². The largest absolute Gasteiger partial charge is 0.505 e. The first-order chi connectivity index (χ1) is 12.9. The van der Waals surface area contributed by atoms with E-state index in [9.17, 15) is 20.1 Å². The Labute approximate surface area is 155 Å². The second kappa shape index (κ2) is 7.64. The lowest BCUT2D eigenvalue weighted by Crippen LogP contribution is -2.53. The molecule has 0 saturated carbocycles. The lowest BCUT2D eigenvalue weighted by atomic mass is 10.1. The van der Waals surface area contributed by atoms with Gasteiger partial charge >= 0.3 is 0 Å². The molecule has 2 aromatic rings. The zero-order valence-electron chi connectivity index (χ0n) is 14.8. The van der Waals surface area contributed by atoms with Crippen molar-refractivity contribution in [3.05, 3.63) is 12.5 Å². The van der Waals surface area contributed by atoms with Crippen molar-refractivity contribution in [1.29, 1.82) is 0 Å². The fraction of sp³-hybridized carbons (Fsp3) is 0.562. The van der Waals surface area contributed by atoms with Crippen molar-refractivity contribution in [3.8, 4) is 5.75 Å². The molecule has 11 heteroatoms. The van der Waals surface area contributed by atoms with E-state index in [1.54, 1.807) is 0 Å². The van der Waals surface area contributed by atoms with Crippen molar-refractivity contribution in [1.82, 2.24) is 19.9 Å². The Hall–Kier alpha value is -2.47. The first kappa shape index (κ1) is 19.3. The molecule has 3 heterocycles. The molecule has 11 nitrogen and oxygen atoms in total. The van der Waals surface area contributed by atoms with Crippen LogP contribution in [-0.4, -0.2) is 66.7 Å². The van der Waals surface area contributed by atoms with E-state index in [2.05, 4.69) is 15.3 Å². The quantitative estimate of drug-likeness (QED) is 0.350. The van der Waals surface area contributed by atoms with Crippen molar-refractivity contribution in [2.24, 2.45) is 5.73 Å². The minimum absolute atomic E-state index is 0.0813. The average Bonchev–Trinajstić information content (AvgIpc) is 3.13. The Morgan fingerprint density at radius 2 is 2.22 bits per heavy atom. The van der Waals surface area contributed by atoms with Crippen molar-refractivity contribution in [2.75, 3.05) is 12.3 Å². The van der Waals surface area contributed by atoms with Crippen LogP contribution in [0.5, 0.6) is 5.75 Å². The number of carbonyl (C=O) groups is 1. The molecule has 1 fully saturated rings. The number of rotatable bonds is 6. The van der Waals surface area contributed by atoms with Crippen LogP contribution in [0.15, 0.2) is 12.5 Å². The van der Waals surface area contributed by atoms with Gasteiger partial charge in [0, 0.05) is 0 Å². The van der Waals surface area contributed by atoms with E-state index in [-0.39, 0.29) is 22.6 Å². The summed E-state index contributed by atoms with van der Waals surface area (Å²) in [5, 5.41) is 33.4. The molecule has 0 radical (unpaired) electrons. The monoisotopic (exact) mass is 380 g/mol. The molecule has 3 unspecified atom stereocenters. The summed E-state index contributed by atoms with van der Waals surface area (Å²) in [6.07, 6.45) is 0.682. The van der Waals surface area contributed by atoms with E-state index in [4.69, 9.17) is 16.2 Å². The first-order valence-corrected chi connectivity index (χ1v) is 8.69. The van der Waals surface area contributed by atoms with Gasteiger partial charge in [0.1, 0.15) is 35.5 Å². The molecule has 1 aliphatic rings. The number of fused-ring (bicyclic) bond motifs is 1. The normalized spacial score (nSPS) is 26.4. The van der Waals surface area contributed by atoms with E-state index in [1.165, 1.54) is 17.1 Å². The highest BCUT2D eigenvalue weighted by Gasteiger charge is 2.46. The van der Waals surface area contributed by atoms with Crippen LogP contribution in [0.2, 0.25) is 0 Å². The molecule has 2 aromatic heterocycles. The standard InChI is InChI=1S/C16H24N6O5/c1-2-3-7(17)15(26)21-11-9(5-23)27-16(12(11)25)22-4-8(24)10-13(18)19-6-20-14(10)22/h4,6-7,9,11-12,16,23-25H,2-3,5,17H2,1H3,(H,21,26)(H2,18,19,20)/t7?,9-,11?,12?,16-/m1/s1. The number of anilines is 1. The topological polar surface area (TPSA) is 182 Å². The van der Waals surface area contributed by atoms with E-state index in [0.717, 1.165) is 6.42 Å². The maximum absolute atomic E-state index is 12.2. The van der Waals surface area contributed by atoms with Crippen molar-refractivity contribution < 1.29 is 24.9 Å². The van der Waals surface area contributed by atoms with Gasteiger partial charge in [-0.3, -0.25) is 9.36 Å². The van der Waals surface area contributed by atoms with Gasteiger partial charge in [-0.1, -0.05) is 13.3 Å². The van der Waals surface area contributed by atoms with Crippen LogP contribution in [0.4, 0.5) is 5.82 Å². The number of nitrogens with two attached hydrogens (primary N) is 2. The molecular formula is C16H24N6O5. The summed E-state index contributed by atoms with van der Waals surface area (Å²) in [5.74, 6) is -0.523. The Balaban J connectivity index is 1.89. The van der Waals surface area contributed by atoms with Crippen molar-refractivity contribution >= 4 is 22.8 Å². The number of aliphatic hydroxyl groups is 2. The van der Waals surface area contributed by atoms with E-state index >= 15 is 0 Å². The molecule has 0 aromatic carbocycles. The number of aromatic hydroxyl groups is 1. The fourth-order valence-electron chi connectivity index (χ4n) is 3.30. The lowest BCUT2D eigenvalue weighted by Gasteiger charge is -2.22. The number of ether oxygens (including phenoxy) is 1. The van der Waals surface area contributed by atoms with E-state index in [1.807, 2.05) is 6.92 Å². The predicted octanol–water partition coefficient (Wildman–Crippen LogP) is -1.42. The number of nitrogens with zero attached hydrogens (tertiary/aromatic N) is 3. The molecular weight excluding hydrogens is 356 g/mol. The Morgan fingerprint density at radius 3 is 2.89 bits per heavy atom. The SMILES string of the molecule is CCCC(N)C(=O)NC1C(O)[C@H](n2cc(O)c3c(N)ncnc32)O[C@@H]1CO. The Kier molecular flexibility index (Phi) is 5.46. The van der Waals surface area contributed by atoms with Crippen molar-refractivity contribution in [3.63, 3.8) is 0 Å². The molecule has 1 amide bonds. The third-order valence-electron chi connectivity index (χ3n) is 4.69. The molecule has 0 bridgehead atoms. The maximum Gasteiger partial charge on any atom is 0.237 e. The fourth-order valence-corrected chi connectivity index (χ4v) is 3.30. The molecule has 27 heavy (non-hydrogen) atoms. The molecule has 8 N–H and O–H groups in total. The molecule has 0 spiro atoms. The predicted molar refractivity (Wildman–Crippen MR) is 95.4 cm³/mol. The number of carbonyl (C=O) groups excluding carboxylic acids is 1. The minimum atomic E-state index is -1.22. The number of nitrogen functional groups attached to an aromatic ring is 1. The molecule has 5 atom stereocenters. The molecule has 3 rings (SSSR count). The van der Waals surface area contributed by atoms with Gasteiger partial charge in [-0.15, -0.1) is 0 Å². The van der Waals surface area contributed by atoms with Gasteiger partial charge in [0.25, 0.3) is 0 Å². The van der Waals surface area contributed by atoms with Crippen LogP contribution in [0, 0.1) is 0 Å². The maximum atomic E-state index is 12.2. The summed E-state index contributed by atoms with van der Waals surface area (Å²) in [6, 6.07) is -1.60. The van der Waals surface area contributed by atoms with Gasteiger partial charge in [0.05, 0.1) is 24.9 Å². The molecule has 0 aliphatic carbocycles. The van der Waals surface area contributed by atoms with Gasteiger partial charge in [0.15, 0.2) is 11.9 Å². The Bertz CT molecular complexity index is 827.